The van der Waals surface area contributed by atoms with E-state index in [9.17, 15) is 9.90 Å². The van der Waals surface area contributed by atoms with Crippen molar-refractivity contribution in [2.24, 2.45) is 7.05 Å². The van der Waals surface area contributed by atoms with Gasteiger partial charge in [0.05, 0.1) is 22.5 Å². The van der Waals surface area contributed by atoms with Crippen LogP contribution in [0.15, 0.2) is 30.3 Å². The smallest absolute Gasteiger partial charge is 0.348 e. The molecule has 2 heterocycles. The largest absolute Gasteiger partial charge is 0.508 e. The van der Waals surface area contributed by atoms with E-state index in [0.29, 0.717) is 17.4 Å². The minimum atomic E-state index is -0.237. The van der Waals surface area contributed by atoms with Gasteiger partial charge in [0.25, 0.3) is 0 Å². The van der Waals surface area contributed by atoms with Crippen molar-refractivity contribution in [1.82, 2.24) is 4.57 Å². The van der Waals surface area contributed by atoms with Gasteiger partial charge >= 0.3 is 5.97 Å². The average molecular weight is 384 g/mol. The molecule has 0 saturated heterocycles. The summed E-state index contributed by atoms with van der Waals surface area (Å²) in [5.74, 6) is 0.554. The van der Waals surface area contributed by atoms with E-state index in [4.69, 9.17) is 4.74 Å². The molecule has 5 heteroatoms. The summed E-state index contributed by atoms with van der Waals surface area (Å²) in [5.41, 5.74) is 4.76. The Morgan fingerprint density at radius 1 is 1.22 bits per heavy atom. The van der Waals surface area contributed by atoms with Gasteiger partial charge in [-0.3, -0.25) is 0 Å². The lowest BCUT2D eigenvalue weighted by atomic mass is 9.83. The molecule has 2 aromatic heterocycles. The van der Waals surface area contributed by atoms with Gasteiger partial charge in [-0.1, -0.05) is 19.3 Å². The van der Waals surface area contributed by atoms with Crippen molar-refractivity contribution < 1.29 is 14.6 Å². The molecule has 0 unspecified atom stereocenters. The number of benzene rings is 1. The molecule has 0 atom stereocenters. The summed E-state index contributed by atoms with van der Waals surface area (Å²) < 4.78 is 8.62. The maximum atomic E-state index is 12.3. The van der Waals surface area contributed by atoms with E-state index in [-0.39, 0.29) is 11.7 Å². The fraction of sp³-hybridized carbons (Fsp3) is 0.409. The van der Waals surface area contributed by atoms with E-state index >= 15 is 0 Å². The maximum Gasteiger partial charge on any atom is 0.348 e. The fourth-order valence-corrected chi connectivity index (χ4v) is 5.48. The molecule has 142 valence electrons. The number of aromatic nitrogens is 1. The highest BCUT2D eigenvalue weighted by atomic mass is 32.1. The topological polar surface area (TPSA) is 51.5 Å². The number of hydrogen-bond donors (Lipinski definition) is 1. The normalized spacial score (nSPS) is 15.3. The second-order valence-corrected chi connectivity index (χ2v) is 8.30. The summed E-state index contributed by atoms with van der Waals surface area (Å²) in [6.45, 7) is 2.23. The number of fused-ring (bicyclic) bond motifs is 1. The SMILES string of the molecule is CCOC(=O)c1cc2c(s1)c(C1CCCCC1)c(-c1ccc(O)cc1)n2C. The number of nitrogens with zero attached hydrogens (tertiary/aromatic N) is 1. The Balaban J connectivity index is 1.90. The van der Waals surface area contributed by atoms with Crippen LogP contribution >= 0.6 is 11.3 Å². The first-order valence-electron chi connectivity index (χ1n) is 9.68. The first-order valence-corrected chi connectivity index (χ1v) is 10.5. The maximum absolute atomic E-state index is 12.3. The number of aryl methyl sites for hydroxylation is 1. The highest BCUT2D eigenvalue weighted by Gasteiger charge is 2.28. The molecule has 1 fully saturated rings. The number of ether oxygens (including phenoxy) is 1. The summed E-state index contributed by atoms with van der Waals surface area (Å²) in [4.78, 5) is 12.9. The van der Waals surface area contributed by atoms with Crippen molar-refractivity contribution in [2.75, 3.05) is 6.61 Å². The molecule has 27 heavy (non-hydrogen) atoms. The lowest BCUT2D eigenvalue weighted by Gasteiger charge is -2.23. The summed E-state index contributed by atoms with van der Waals surface area (Å²) >= 11 is 1.55. The Hall–Kier alpha value is -2.27. The van der Waals surface area contributed by atoms with Crippen molar-refractivity contribution in [1.29, 1.82) is 0 Å². The number of rotatable bonds is 4. The van der Waals surface area contributed by atoms with Crippen LogP contribution in [0.4, 0.5) is 0 Å². The first kappa shape index (κ1) is 18.1. The predicted molar refractivity (Wildman–Crippen MR) is 110 cm³/mol. The number of carbonyl (C=O) groups is 1. The quantitative estimate of drug-likeness (QED) is 0.576. The van der Waals surface area contributed by atoms with Gasteiger partial charge < -0.3 is 14.4 Å². The zero-order valence-corrected chi connectivity index (χ0v) is 16.6. The van der Waals surface area contributed by atoms with Crippen LogP contribution in [0.3, 0.4) is 0 Å². The number of hydrogen-bond acceptors (Lipinski definition) is 4. The predicted octanol–water partition coefficient (Wildman–Crippen LogP) is 5.84. The molecule has 0 amide bonds. The summed E-state index contributed by atoms with van der Waals surface area (Å²) in [6.07, 6.45) is 6.20. The molecule has 0 radical (unpaired) electrons. The van der Waals surface area contributed by atoms with Gasteiger partial charge in [-0.15, -0.1) is 11.3 Å². The minimum Gasteiger partial charge on any atom is -0.508 e. The zero-order chi connectivity index (χ0) is 19.0. The third-order valence-electron chi connectivity index (χ3n) is 5.54. The molecule has 0 spiro atoms. The molecular formula is C22H25NO3S. The van der Waals surface area contributed by atoms with Crippen LogP contribution in [0.25, 0.3) is 21.5 Å². The second-order valence-electron chi connectivity index (χ2n) is 7.25. The van der Waals surface area contributed by atoms with Crippen molar-refractivity contribution in [3.8, 4) is 17.0 Å². The Morgan fingerprint density at radius 2 is 1.93 bits per heavy atom. The number of phenols is 1. The van der Waals surface area contributed by atoms with Gasteiger partial charge in [0.2, 0.25) is 0 Å². The first-order chi connectivity index (χ1) is 13.1. The lowest BCUT2D eigenvalue weighted by molar-refractivity contribution is 0.0532. The van der Waals surface area contributed by atoms with E-state index in [0.717, 1.165) is 11.1 Å². The Kier molecular flexibility index (Phi) is 4.96. The fourth-order valence-electron chi connectivity index (χ4n) is 4.27. The van der Waals surface area contributed by atoms with Crippen molar-refractivity contribution >= 4 is 27.5 Å². The minimum absolute atomic E-state index is 0.237. The molecule has 1 aliphatic carbocycles. The third kappa shape index (κ3) is 3.25. The summed E-state index contributed by atoms with van der Waals surface area (Å²) in [6, 6.07) is 9.41. The highest BCUT2D eigenvalue weighted by molar-refractivity contribution is 7.21. The third-order valence-corrected chi connectivity index (χ3v) is 6.68. The van der Waals surface area contributed by atoms with Crippen LogP contribution in [0.2, 0.25) is 0 Å². The summed E-state index contributed by atoms with van der Waals surface area (Å²) in [7, 11) is 2.07. The van der Waals surface area contributed by atoms with Crippen molar-refractivity contribution in [3.05, 3.63) is 40.8 Å². The van der Waals surface area contributed by atoms with Crippen LogP contribution in [0.1, 0.15) is 60.2 Å². The van der Waals surface area contributed by atoms with Gasteiger partial charge in [0.1, 0.15) is 10.6 Å². The van der Waals surface area contributed by atoms with Gasteiger partial charge in [0.15, 0.2) is 0 Å². The van der Waals surface area contributed by atoms with Crippen LogP contribution < -0.4 is 0 Å². The van der Waals surface area contributed by atoms with Gasteiger partial charge in [-0.2, -0.15) is 0 Å². The van der Waals surface area contributed by atoms with Gasteiger partial charge in [-0.05, 0) is 67.1 Å². The van der Waals surface area contributed by atoms with E-state index in [2.05, 4.69) is 11.6 Å². The molecule has 3 aromatic rings. The number of thiophene rings is 1. The van der Waals surface area contributed by atoms with E-state index in [1.54, 1.807) is 23.5 Å². The molecule has 0 bridgehead atoms. The number of carbonyl (C=O) groups excluding carboxylic acids is 1. The number of aromatic hydroxyl groups is 1. The molecule has 1 saturated carbocycles. The molecule has 1 aliphatic rings. The van der Waals surface area contributed by atoms with Crippen LogP contribution in [0.5, 0.6) is 5.75 Å². The van der Waals surface area contributed by atoms with Crippen LogP contribution in [-0.4, -0.2) is 22.2 Å². The summed E-state index contributed by atoms with van der Waals surface area (Å²) in [5, 5.41) is 9.68. The Labute approximate surface area is 163 Å². The molecule has 4 nitrogen and oxygen atoms in total. The number of esters is 1. The Morgan fingerprint density at radius 3 is 2.59 bits per heavy atom. The highest BCUT2D eigenvalue weighted by Crippen LogP contribution is 2.46. The molecule has 4 rings (SSSR count). The van der Waals surface area contributed by atoms with Gasteiger partial charge in [0, 0.05) is 7.05 Å². The van der Waals surface area contributed by atoms with Gasteiger partial charge in [-0.25, -0.2) is 4.79 Å². The molecular weight excluding hydrogens is 358 g/mol. The molecule has 1 aromatic carbocycles. The van der Waals surface area contributed by atoms with Crippen LogP contribution in [-0.2, 0) is 11.8 Å². The molecule has 0 aliphatic heterocycles. The van der Waals surface area contributed by atoms with E-state index in [1.807, 2.05) is 25.1 Å². The standard InChI is InChI=1S/C22H25NO3S/c1-3-26-22(25)18-13-17-21(27-18)19(14-7-5-4-6-8-14)20(23(17)2)15-9-11-16(24)12-10-15/h9-14,24H,3-8H2,1-2H3. The molecule has 1 N–H and O–H groups in total. The second kappa shape index (κ2) is 7.39. The monoisotopic (exact) mass is 383 g/mol. The average Bonchev–Trinajstić information content (AvgIpc) is 3.22. The van der Waals surface area contributed by atoms with Crippen molar-refractivity contribution in [3.63, 3.8) is 0 Å². The lowest BCUT2D eigenvalue weighted by Crippen LogP contribution is -2.06. The zero-order valence-electron chi connectivity index (χ0n) is 15.8. The van der Waals surface area contributed by atoms with E-state index in [1.165, 1.54) is 48.1 Å². The number of phenolic OH excluding ortho intramolecular Hbond substituents is 1. The van der Waals surface area contributed by atoms with Crippen LogP contribution in [0, 0.1) is 0 Å². The Bertz CT molecular complexity index is 962. The van der Waals surface area contributed by atoms with Crippen molar-refractivity contribution in [2.45, 2.75) is 44.9 Å². The van der Waals surface area contributed by atoms with E-state index < -0.39 is 0 Å².